The summed E-state index contributed by atoms with van der Waals surface area (Å²) in [7, 11) is 4.13. The minimum absolute atomic E-state index is 1.13. The summed E-state index contributed by atoms with van der Waals surface area (Å²) in [6.07, 6.45) is 16.8. The van der Waals surface area contributed by atoms with E-state index in [4.69, 9.17) is 0 Å². The lowest BCUT2D eigenvalue weighted by Crippen LogP contribution is -2.32. The van der Waals surface area contributed by atoms with Crippen LogP contribution in [0.5, 0.6) is 0 Å². The lowest BCUT2D eigenvalue weighted by atomic mass is 10.1. The molecule has 0 aliphatic heterocycles. The van der Waals surface area contributed by atoms with Gasteiger partial charge in [-0.3, -0.25) is 0 Å². The Bertz CT molecular complexity index is 624. The summed E-state index contributed by atoms with van der Waals surface area (Å²) in [6, 6.07) is 13.0. The van der Waals surface area contributed by atoms with Crippen LogP contribution < -0.4 is 9.47 Å². The zero-order chi connectivity index (χ0) is 17.9. The van der Waals surface area contributed by atoms with E-state index in [-0.39, 0.29) is 0 Å². The Morgan fingerprint density at radius 3 is 1.92 bits per heavy atom. The molecule has 134 valence electrons. The van der Waals surface area contributed by atoms with Gasteiger partial charge < -0.3 is 4.90 Å². The second kappa shape index (κ2) is 10.7. The first-order chi connectivity index (χ1) is 12.2. The molecule has 25 heavy (non-hydrogen) atoms. The van der Waals surface area contributed by atoms with Crippen LogP contribution in [0, 0.1) is 0 Å². The lowest BCUT2D eigenvalue weighted by molar-refractivity contribution is -0.697. The quantitative estimate of drug-likeness (QED) is 0.406. The monoisotopic (exact) mass is 337 g/mol. The summed E-state index contributed by atoms with van der Waals surface area (Å²) < 4.78 is 2.29. The Kier molecular flexibility index (Phi) is 8.24. The molecule has 0 aliphatic rings. The standard InChI is InChI=1S/C23H33N2/c1-4-5-6-7-8-9-18-25-19-16-22(17-20-25)11-10-21-12-14-23(15-13-21)24(2)3/h10-17,19-20H,4-9,18H2,1-3H3/q+1. The number of hydrogen-bond donors (Lipinski definition) is 0. The summed E-state index contributed by atoms with van der Waals surface area (Å²) in [6.45, 7) is 3.40. The summed E-state index contributed by atoms with van der Waals surface area (Å²) in [5.74, 6) is 0. The van der Waals surface area contributed by atoms with Crippen LogP contribution >= 0.6 is 0 Å². The first-order valence-electron chi connectivity index (χ1n) is 9.63. The lowest BCUT2D eigenvalue weighted by Gasteiger charge is -2.11. The molecule has 0 amide bonds. The van der Waals surface area contributed by atoms with Crippen LogP contribution in [0.25, 0.3) is 12.2 Å². The van der Waals surface area contributed by atoms with Gasteiger partial charge in [-0.1, -0.05) is 56.9 Å². The number of aromatic nitrogens is 1. The molecule has 2 heteroatoms. The Balaban J connectivity index is 1.79. The maximum absolute atomic E-state index is 2.29. The van der Waals surface area contributed by atoms with E-state index in [2.05, 4.69) is 91.4 Å². The summed E-state index contributed by atoms with van der Waals surface area (Å²) in [5.41, 5.74) is 3.71. The molecule has 0 aliphatic carbocycles. The van der Waals surface area contributed by atoms with Crippen LogP contribution in [0.4, 0.5) is 5.69 Å². The summed E-state index contributed by atoms with van der Waals surface area (Å²) >= 11 is 0. The molecule has 0 atom stereocenters. The van der Waals surface area contributed by atoms with E-state index < -0.39 is 0 Å². The molecule has 0 bridgehead atoms. The molecule has 0 fully saturated rings. The van der Waals surface area contributed by atoms with Gasteiger partial charge in [-0.05, 0) is 29.7 Å². The molecule has 2 aromatic rings. The number of benzene rings is 1. The number of aryl methyl sites for hydroxylation is 1. The maximum atomic E-state index is 2.29. The first-order valence-corrected chi connectivity index (χ1v) is 9.63. The van der Waals surface area contributed by atoms with E-state index in [1.54, 1.807) is 0 Å². The van der Waals surface area contributed by atoms with Crippen LogP contribution in [-0.4, -0.2) is 14.1 Å². The van der Waals surface area contributed by atoms with E-state index in [0.717, 1.165) is 6.54 Å². The summed E-state index contributed by atoms with van der Waals surface area (Å²) in [5, 5.41) is 0. The third-order valence-corrected chi connectivity index (χ3v) is 4.56. The van der Waals surface area contributed by atoms with Crippen molar-refractivity contribution in [3.8, 4) is 0 Å². The topological polar surface area (TPSA) is 7.12 Å². The third-order valence-electron chi connectivity index (χ3n) is 4.56. The number of anilines is 1. The zero-order valence-electron chi connectivity index (χ0n) is 16.1. The van der Waals surface area contributed by atoms with E-state index in [1.165, 1.54) is 55.3 Å². The van der Waals surface area contributed by atoms with Crippen LogP contribution in [0.1, 0.15) is 56.6 Å². The predicted molar refractivity (Wildman–Crippen MR) is 110 cm³/mol. The highest BCUT2D eigenvalue weighted by Crippen LogP contribution is 2.14. The Morgan fingerprint density at radius 2 is 1.32 bits per heavy atom. The van der Waals surface area contributed by atoms with Crippen molar-refractivity contribution < 1.29 is 4.57 Å². The Hall–Kier alpha value is -2.09. The SMILES string of the molecule is CCCCCCCC[n+]1ccc(/C=C/c2ccc(N(C)C)cc2)cc1. The van der Waals surface area contributed by atoms with Gasteiger partial charge in [0.1, 0.15) is 6.54 Å². The average molecular weight is 338 g/mol. The highest BCUT2D eigenvalue weighted by Gasteiger charge is 2.00. The third kappa shape index (κ3) is 7.13. The molecule has 2 nitrogen and oxygen atoms in total. The van der Waals surface area contributed by atoms with Gasteiger partial charge in [0.05, 0.1) is 0 Å². The fourth-order valence-corrected chi connectivity index (χ4v) is 2.88. The fourth-order valence-electron chi connectivity index (χ4n) is 2.88. The van der Waals surface area contributed by atoms with Gasteiger partial charge in [0.15, 0.2) is 12.4 Å². The van der Waals surface area contributed by atoms with Crippen molar-refractivity contribution in [2.24, 2.45) is 0 Å². The second-order valence-corrected chi connectivity index (χ2v) is 6.96. The Morgan fingerprint density at radius 1 is 0.760 bits per heavy atom. The smallest absolute Gasteiger partial charge is 0.169 e. The predicted octanol–water partition coefficient (Wildman–Crippen LogP) is 5.57. The minimum Gasteiger partial charge on any atom is -0.378 e. The Labute approximate surface area is 153 Å². The van der Waals surface area contributed by atoms with Crippen molar-refractivity contribution in [3.05, 3.63) is 59.9 Å². The van der Waals surface area contributed by atoms with E-state index in [9.17, 15) is 0 Å². The van der Waals surface area contributed by atoms with Crippen LogP contribution in [0.3, 0.4) is 0 Å². The average Bonchev–Trinajstić information content (AvgIpc) is 2.64. The van der Waals surface area contributed by atoms with E-state index in [1.807, 2.05) is 0 Å². The van der Waals surface area contributed by atoms with Crippen molar-refractivity contribution in [1.29, 1.82) is 0 Å². The molecule has 2 rings (SSSR count). The molecular weight excluding hydrogens is 304 g/mol. The largest absolute Gasteiger partial charge is 0.378 e. The molecule has 0 N–H and O–H groups in total. The molecular formula is C23H33N2+. The van der Waals surface area contributed by atoms with Crippen LogP contribution in [-0.2, 0) is 6.54 Å². The normalized spacial score (nSPS) is 11.2. The number of hydrogen-bond acceptors (Lipinski definition) is 1. The highest BCUT2D eigenvalue weighted by atomic mass is 15.1. The van der Waals surface area contributed by atoms with Crippen LogP contribution in [0.2, 0.25) is 0 Å². The van der Waals surface area contributed by atoms with Gasteiger partial charge in [0, 0.05) is 38.3 Å². The zero-order valence-corrected chi connectivity index (χ0v) is 16.1. The molecule has 0 spiro atoms. The molecule has 0 saturated carbocycles. The number of unbranched alkanes of at least 4 members (excludes halogenated alkanes) is 5. The minimum atomic E-state index is 1.13. The van der Waals surface area contributed by atoms with Gasteiger partial charge in [-0.25, -0.2) is 4.57 Å². The van der Waals surface area contributed by atoms with Crippen LogP contribution in [0.15, 0.2) is 48.8 Å². The van der Waals surface area contributed by atoms with Crippen molar-refractivity contribution in [2.45, 2.75) is 52.0 Å². The van der Waals surface area contributed by atoms with Gasteiger partial charge in [-0.2, -0.15) is 0 Å². The second-order valence-electron chi connectivity index (χ2n) is 6.96. The molecule has 1 aromatic heterocycles. The number of nitrogens with zero attached hydrogens (tertiary/aromatic N) is 2. The van der Waals surface area contributed by atoms with Crippen molar-refractivity contribution in [1.82, 2.24) is 0 Å². The van der Waals surface area contributed by atoms with Crippen molar-refractivity contribution >= 4 is 17.8 Å². The number of pyridine rings is 1. The van der Waals surface area contributed by atoms with Gasteiger partial charge >= 0.3 is 0 Å². The number of rotatable bonds is 10. The molecule has 1 heterocycles. The molecule has 0 radical (unpaired) electrons. The molecule has 0 unspecified atom stereocenters. The molecule has 1 aromatic carbocycles. The molecule has 0 saturated heterocycles. The van der Waals surface area contributed by atoms with Gasteiger partial charge in [0.25, 0.3) is 0 Å². The van der Waals surface area contributed by atoms with Gasteiger partial charge in [-0.15, -0.1) is 0 Å². The van der Waals surface area contributed by atoms with E-state index in [0.29, 0.717) is 0 Å². The van der Waals surface area contributed by atoms with Crippen molar-refractivity contribution in [2.75, 3.05) is 19.0 Å². The maximum Gasteiger partial charge on any atom is 0.169 e. The first kappa shape index (κ1) is 19.2. The highest BCUT2D eigenvalue weighted by molar-refractivity contribution is 5.70. The van der Waals surface area contributed by atoms with Crippen molar-refractivity contribution in [3.63, 3.8) is 0 Å². The fraction of sp³-hybridized carbons (Fsp3) is 0.435. The van der Waals surface area contributed by atoms with Gasteiger partial charge in [0.2, 0.25) is 0 Å². The summed E-state index contributed by atoms with van der Waals surface area (Å²) in [4.78, 5) is 2.12. The van der Waals surface area contributed by atoms with E-state index >= 15 is 0 Å².